The lowest BCUT2D eigenvalue weighted by Crippen LogP contribution is -2.08. The maximum atomic E-state index is 6.21. The van der Waals surface area contributed by atoms with Crippen molar-refractivity contribution < 1.29 is 0 Å². The number of aryl methyl sites for hydroxylation is 2. The molecule has 0 aliphatic rings. The highest BCUT2D eigenvalue weighted by molar-refractivity contribution is 9.10. The van der Waals surface area contributed by atoms with Crippen molar-refractivity contribution in [3.05, 3.63) is 33.3 Å². The Morgan fingerprint density at radius 2 is 2.25 bits per heavy atom. The number of rotatable bonds is 3. The Hall–Kier alpha value is -0.810. The lowest BCUT2D eigenvalue weighted by molar-refractivity contribution is 0.575. The monoisotopic (exact) mass is 302 g/mol. The van der Waals surface area contributed by atoms with E-state index in [0.717, 1.165) is 27.4 Å². The van der Waals surface area contributed by atoms with Crippen molar-refractivity contribution in [2.24, 2.45) is 0 Å². The lowest BCUT2D eigenvalue weighted by Gasteiger charge is -2.05. The van der Waals surface area contributed by atoms with Crippen molar-refractivity contribution in [1.29, 1.82) is 0 Å². The maximum absolute atomic E-state index is 6.21. The van der Waals surface area contributed by atoms with Crippen LogP contribution in [0.2, 0.25) is 5.02 Å². The molecule has 0 radical (unpaired) electrons. The molecule has 0 fully saturated rings. The number of nitrogens with zero attached hydrogens (tertiary/aromatic N) is 4. The van der Waals surface area contributed by atoms with Gasteiger partial charge in [-0.25, -0.2) is 0 Å². The molecule has 0 unspecified atom stereocenters. The first-order valence-corrected chi connectivity index (χ1v) is 6.18. The molecule has 6 heteroatoms. The molecule has 0 aliphatic carbocycles. The Morgan fingerprint density at radius 1 is 1.50 bits per heavy atom. The van der Waals surface area contributed by atoms with Gasteiger partial charge in [-0.1, -0.05) is 11.6 Å². The van der Waals surface area contributed by atoms with Crippen LogP contribution in [0.3, 0.4) is 0 Å². The van der Waals surface area contributed by atoms with Gasteiger partial charge in [0.1, 0.15) is 0 Å². The van der Waals surface area contributed by atoms with Gasteiger partial charge in [-0.3, -0.25) is 9.36 Å². The van der Waals surface area contributed by atoms with E-state index in [4.69, 9.17) is 11.6 Å². The van der Waals surface area contributed by atoms with E-state index in [1.807, 2.05) is 29.4 Å². The summed E-state index contributed by atoms with van der Waals surface area (Å²) in [6, 6.07) is 0. The minimum absolute atomic E-state index is 0.638. The summed E-state index contributed by atoms with van der Waals surface area (Å²) >= 11 is 9.58. The third kappa shape index (κ3) is 2.15. The zero-order valence-electron chi connectivity index (χ0n) is 9.11. The number of hydrogen-bond acceptors (Lipinski definition) is 2. The van der Waals surface area contributed by atoms with Crippen LogP contribution in [0, 0.1) is 6.92 Å². The quantitative estimate of drug-likeness (QED) is 0.874. The number of halogens is 2. The first kappa shape index (κ1) is 11.7. The van der Waals surface area contributed by atoms with Gasteiger partial charge < -0.3 is 0 Å². The summed E-state index contributed by atoms with van der Waals surface area (Å²) < 4.78 is 4.70. The van der Waals surface area contributed by atoms with E-state index in [9.17, 15) is 0 Å². The van der Waals surface area contributed by atoms with Crippen molar-refractivity contribution >= 4 is 27.5 Å². The molecular weight excluding hydrogens is 291 g/mol. The third-order valence-corrected chi connectivity index (χ3v) is 3.27. The van der Waals surface area contributed by atoms with Crippen LogP contribution < -0.4 is 0 Å². The zero-order valence-corrected chi connectivity index (χ0v) is 11.5. The molecule has 0 aliphatic heterocycles. The fourth-order valence-corrected chi connectivity index (χ4v) is 2.12. The normalized spacial score (nSPS) is 11.0. The van der Waals surface area contributed by atoms with Crippen LogP contribution in [-0.4, -0.2) is 19.6 Å². The van der Waals surface area contributed by atoms with Crippen LogP contribution in [-0.2, 0) is 13.1 Å². The summed E-state index contributed by atoms with van der Waals surface area (Å²) in [5.74, 6) is 0. The molecule has 0 atom stereocenters. The van der Waals surface area contributed by atoms with Crippen LogP contribution in [0.15, 0.2) is 16.9 Å². The SMILES string of the molecule is CCn1nc(C)c(Cl)c1Cn1cc(Br)cn1. The highest BCUT2D eigenvalue weighted by Gasteiger charge is 2.13. The minimum atomic E-state index is 0.638. The topological polar surface area (TPSA) is 35.6 Å². The number of hydrogen-bond donors (Lipinski definition) is 0. The fraction of sp³-hybridized carbons (Fsp3) is 0.400. The Kier molecular flexibility index (Phi) is 3.35. The molecule has 0 N–H and O–H groups in total. The molecule has 2 aromatic heterocycles. The maximum Gasteiger partial charge on any atom is 0.0866 e. The van der Waals surface area contributed by atoms with Gasteiger partial charge in [0.25, 0.3) is 0 Å². The summed E-state index contributed by atoms with van der Waals surface area (Å²) in [5.41, 5.74) is 1.86. The Balaban J connectivity index is 2.33. The Labute approximate surface area is 107 Å². The van der Waals surface area contributed by atoms with E-state index >= 15 is 0 Å². The summed E-state index contributed by atoms with van der Waals surface area (Å²) in [5, 5.41) is 9.30. The van der Waals surface area contributed by atoms with E-state index < -0.39 is 0 Å². The second kappa shape index (κ2) is 4.59. The van der Waals surface area contributed by atoms with Crippen LogP contribution in [0.4, 0.5) is 0 Å². The van der Waals surface area contributed by atoms with Crippen molar-refractivity contribution in [2.75, 3.05) is 0 Å². The molecule has 0 saturated carbocycles. The molecule has 4 nitrogen and oxygen atoms in total. The first-order chi connectivity index (χ1) is 7.61. The van der Waals surface area contributed by atoms with Gasteiger partial charge in [-0.05, 0) is 29.8 Å². The number of aromatic nitrogens is 4. The highest BCUT2D eigenvalue weighted by atomic mass is 79.9. The smallest absolute Gasteiger partial charge is 0.0866 e. The predicted octanol–water partition coefficient (Wildman–Crippen LogP) is 2.87. The second-order valence-electron chi connectivity index (χ2n) is 3.52. The zero-order chi connectivity index (χ0) is 11.7. The summed E-state index contributed by atoms with van der Waals surface area (Å²) in [4.78, 5) is 0. The van der Waals surface area contributed by atoms with Gasteiger partial charge in [-0.15, -0.1) is 0 Å². The van der Waals surface area contributed by atoms with Gasteiger partial charge in [-0.2, -0.15) is 10.2 Å². The predicted molar refractivity (Wildman–Crippen MR) is 66.7 cm³/mol. The average Bonchev–Trinajstić information content (AvgIpc) is 2.77. The fourth-order valence-electron chi connectivity index (χ4n) is 1.60. The van der Waals surface area contributed by atoms with Gasteiger partial charge in [0.15, 0.2) is 0 Å². The summed E-state index contributed by atoms with van der Waals surface area (Å²) in [6.45, 7) is 5.41. The summed E-state index contributed by atoms with van der Waals surface area (Å²) in [6.07, 6.45) is 3.67. The van der Waals surface area contributed by atoms with E-state index in [1.54, 1.807) is 6.20 Å². The van der Waals surface area contributed by atoms with E-state index in [2.05, 4.69) is 26.1 Å². The molecule has 0 aromatic carbocycles. The van der Waals surface area contributed by atoms with Crippen molar-refractivity contribution in [3.63, 3.8) is 0 Å². The average molecular weight is 304 g/mol. The molecule has 2 heterocycles. The molecule has 2 aromatic rings. The second-order valence-corrected chi connectivity index (χ2v) is 4.81. The van der Waals surface area contributed by atoms with Crippen LogP contribution >= 0.6 is 27.5 Å². The van der Waals surface area contributed by atoms with E-state index in [1.165, 1.54) is 0 Å². The van der Waals surface area contributed by atoms with Crippen molar-refractivity contribution in [1.82, 2.24) is 19.6 Å². The molecule has 16 heavy (non-hydrogen) atoms. The molecule has 0 amide bonds. The molecular formula is C10H12BrClN4. The van der Waals surface area contributed by atoms with Crippen molar-refractivity contribution in [3.8, 4) is 0 Å². The standard InChI is InChI=1S/C10H12BrClN4/c1-3-16-9(10(12)7(2)14-16)6-15-5-8(11)4-13-15/h4-5H,3,6H2,1-2H3. The molecule has 0 saturated heterocycles. The lowest BCUT2D eigenvalue weighted by atomic mass is 10.3. The van der Waals surface area contributed by atoms with Crippen LogP contribution in [0.5, 0.6) is 0 Å². The van der Waals surface area contributed by atoms with E-state index in [-0.39, 0.29) is 0 Å². The van der Waals surface area contributed by atoms with Gasteiger partial charge in [0.05, 0.1) is 33.6 Å². The van der Waals surface area contributed by atoms with Crippen molar-refractivity contribution in [2.45, 2.75) is 26.9 Å². The van der Waals surface area contributed by atoms with Crippen LogP contribution in [0.25, 0.3) is 0 Å². The molecule has 0 bridgehead atoms. The third-order valence-electron chi connectivity index (χ3n) is 2.37. The Morgan fingerprint density at radius 3 is 2.81 bits per heavy atom. The molecule has 2 rings (SSSR count). The Bertz CT molecular complexity index is 503. The summed E-state index contributed by atoms with van der Waals surface area (Å²) in [7, 11) is 0. The van der Waals surface area contributed by atoms with Gasteiger partial charge >= 0.3 is 0 Å². The largest absolute Gasteiger partial charge is 0.266 e. The van der Waals surface area contributed by atoms with Gasteiger partial charge in [0.2, 0.25) is 0 Å². The minimum Gasteiger partial charge on any atom is -0.266 e. The first-order valence-electron chi connectivity index (χ1n) is 5.01. The highest BCUT2D eigenvalue weighted by Crippen LogP contribution is 2.21. The molecule has 86 valence electrons. The van der Waals surface area contributed by atoms with Gasteiger partial charge in [0, 0.05) is 12.7 Å². The molecule has 0 spiro atoms. The van der Waals surface area contributed by atoms with Crippen LogP contribution in [0.1, 0.15) is 18.3 Å². The van der Waals surface area contributed by atoms with E-state index in [0.29, 0.717) is 6.54 Å².